The number of β-amino-alcohol motifs (C(OH)–C–C–N with tert-alkyl or cyclic N) is 2. The van der Waals surface area contributed by atoms with E-state index in [4.69, 9.17) is 52.1 Å². The van der Waals surface area contributed by atoms with Crippen LogP contribution in [0.5, 0.6) is 0 Å². The molecule has 0 aromatic heterocycles. The second-order valence-electron chi connectivity index (χ2n) is 23.7. The van der Waals surface area contributed by atoms with Crippen LogP contribution >= 0.6 is 0 Å². The van der Waals surface area contributed by atoms with Crippen molar-refractivity contribution >= 4 is 35.8 Å². The molecule has 2 fully saturated rings. The first kappa shape index (κ1) is 88.9. The molecule has 3 atom stereocenters. The number of carboxylic acid groups (broad SMARTS) is 6. The molecule has 0 aliphatic carbocycles. The Hall–Kier alpha value is -4.14. The van der Waals surface area contributed by atoms with E-state index in [9.17, 15) is 74.7 Å². The van der Waals surface area contributed by atoms with Crippen LogP contribution in [0.2, 0.25) is 0 Å². The minimum atomic E-state index is -1.12. The van der Waals surface area contributed by atoms with Crippen molar-refractivity contribution in [2.45, 2.75) is 24.3 Å². The molecule has 2 rings (SSSR count). The highest BCUT2D eigenvalue weighted by atomic mass is 16.6. The van der Waals surface area contributed by atoms with Gasteiger partial charge in [0.1, 0.15) is 0 Å². The Kier molecular flexibility index (Phi) is 52.7. The molecule has 3 unspecified atom stereocenters. The zero-order chi connectivity index (χ0) is 71.3. The third-order valence-corrected chi connectivity index (χ3v) is 15.8. The molecular formula is C61H118N10O26. The summed E-state index contributed by atoms with van der Waals surface area (Å²) in [6, 6.07) is -1.13. The summed E-state index contributed by atoms with van der Waals surface area (Å²) in [6.07, 6.45) is -2.24. The number of aliphatic carboxylic acids is 6. The summed E-state index contributed by atoms with van der Waals surface area (Å²) in [5.41, 5.74) is 0. The predicted molar refractivity (Wildman–Crippen MR) is 349 cm³/mol. The summed E-state index contributed by atoms with van der Waals surface area (Å²) in [4.78, 5) is 90.4. The van der Waals surface area contributed by atoms with Crippen molar-refractivity contribution in [3.8, 4) is 0 Å². The Morgan fingerprint density at radius 1 is 0.309 bits per heavy atom. The van der Waals surface area contributed by atoms with Crippen LogP contribution in [0.3, 0.4) is 0 Å². The van der Waals surface area contributed by atoms with E-state index in [1.807, 2.05) is 19.6 Å². The molecule has 0 aromatic rings. The van der Waals surface area contributed by atoms with Crippen molar-refractivity contribution < 1.29 is 127 Å². The van der Waals surface area contributed by atoms with Crippen molar-refractivity contribution in [1.82, 2.24) is 49.0 Å². The molecule has 0 radical (unpaired) electrons. The van der Waals surface area contributed by atoms with Crippen LogP contribution in [-0.2, 0) is 80.9 Å². The van der Waals surface area contributed by atoms with Gasteiger partial charge in [-0.1, -0.05) is 0 Å². The number of rotatable bonds is 56. The topological polar surface area (TPSA) is 418 Å². The average molecular weight is 1410 g/mol. The number of nitrogens with zero attached hydrogens (tertiary/aromatic N) is 10. The highest BCUT2D eigenvalue weighted by molar-refractivity contribution is 5.71. The number of methoxy groups -OCH3 is 3. The first-order chi connectivity index (χ1) is 46.7. The molecule has 568 valence electrons. The molecule has 97 heavy (non-hydrogen) atoms. The highest BCUT2D eigenvalue weighted by Gasteiger charge is 2.30. The van der Waals surface area contributed by atoms with Gasteiger partial charge in [-0.25, -0.2) is 0 Å². The smallest absolute Gasteiger partial charge is 0.317 e. The van der Waals surface area contributed by atoms with Crippen LogP contribution in [0, 0.1) is 0 Å². The van der Waals surface area contributed by atoms with Crippen LogP contribution < -0.4 is 0 Å². The Balaban J connectivity index is 2.80. The van der Waals surface area contributed by atoms with Gasteiger partial charge in [0, 0.05) is 165 Å². The van der Waals surface area contributed by atoms with Gasteiger partial charge in [-0.05, 0) is 0 Å². The fraction of sp³-hybridized carbons (Fsp3) is 0.902. The molecule has 0 saturated carbocycles. The minimum absolute atomic E-state index is 0.000986. The molecule has 0 spiro atoms. The van der Waals surface area contributed by atoms with E-state index in [-0.39, 0.29) is 276 Å². The standard InChI is InChI=1S/C61H118N10O26/c1-87-24-27-91-31-35-95-49-52(48-94-34-30-90-23-22-72)70(40-54(73)38-62-4-8-64(42-56(75)76)12-16-68(46-60(83)84)17-13-65(9-5-62)43-57(77)78)20-21-71(53(50-96-36-32-92-28-25-88-2)51-97-37-33-93-29-26-89-3)41-55(74)39-63-6-10-66(44-58(79)80)14-18-69(47-61(85)86)19-15-67(11-7-63)45-59(81)82/h52-55,72-74H,4-51H2,1-3H3,(H,75,76)(H,77,78)(H,79,80)(H,81,82)(H,83,84)(H,85,86). The number of aliphatic hydroxyl groups is 3. The van der Waals surface area contributed by atoms with Crippen molar-refractivity contribution in [2.75, 3.05) is 337 Å². The second-order valence-corrected chi connectivity index (χ2v) is 23.7. The van der Waals surface area contributed by atoms with Gasteiger partial charge in [0.05, 0.1) is 196 Å². The molecule has 2 aliphatic heterocycles. The third kappa shape index (κ3) is 48.4. The van der Waals surface area contributed by atoms with Crippen molar-refractivity contribution in [3.05, 3.63) is 0 Å². The van der Waals surface area contributed by atoms with Crippen LogP contribution in [0.25, 0.3) is 0 Å². The number of hydrogen-bond donors (Lipinski definition) is 9. The summed E-state index contributed by atoms with van der Waals surface area (Å²) in [6.45, 7) is 5.82. The largest absolute Gasteiger partial charge is 0.480 e. The van der Waals surface area contributed by atoms with Gasteiger partial charge in [-0.3, -0.25) is 77.8 Å². The SMILES string of the molecule is COCCOCCOCC(COCCOCCO)N(CCN(CC(O)CN1CCN(CC(=O)O)CCN(CC(=O)O)CCN(CC(=O)O)CC1)C(COCCOCCOC)COCCOCCOC)CC(O)CN1CCN(CC(=O)O)CCN(CC(=O)O)CCN(CC(=O)O)CC1. The maximum Gasteiger partial charge on any atom is 0.317 e. The zero-order valence-corrected chi connectivity index (χ0v) is 57.7. The Morgan fingerprint density at radius 3 is 0.711 bits per heavy atom. The van der Waals surface area contributed by atoms with Gasteiger partial charge < -0.3 is 98.1 Å². The van der Waals surface area contributed by atoms with Crippen molar-refractivity contribution in [3.63, 3.8) is 0 Å². The van der Waals surface area contributed by atoms with E-state index in [1.165, 1.54) is 0 Å². The maximum absolute atomic E-state index is 12.5. The summed E-state index contributed by atoms with van der Waals surface area (Å²) in [5, 5.41) is 93.5. The van der Waals surface area contributed by atoms with Crippen LogP contribution in [0.15, 0.2) is 0 Å². The zero-order valence-electron chi connectivity index (χ0n) is 57.7. The van der Waals surface area contributed by atoms with E-state index in [2.05, 4.69) is 0 Å². The van der Waals surface area contributed by atoms with E-state index in [0.29, 0.717) is 39.6 Å². The van der Waals surface area contributed by atoms with E-state index < -0.39 is 60.1 Å². The number of ether oxygens (including phenoxy) is 11. The molecule has 0 amide bonds. The quantitative estimate of drug-likeness (QED) is 0.0256. The Bertz CT molecular complexity index is 1960. The van der Waals surface area contributed by atoms with E-state index >= 15 is 0 Å². The molecule has 0 bridgehead atoms. The lowest BCUT2D eigenvalue weighted by Gasteiger charge is -2.39. The van der Waals surface area contributed by atoms with Crippen LogP contribution in [0.1, 0.15) is 0 Å². The molecule has 2 aliphatic rings. The number of carbonyl (C=O) groups is 6. The summed E-state index contributed by atoms with van der Waals surface area (Å²) in [7, 11) is 4.70. The predicted octanol–water partition coefficient (Wildman–Crippen LogP) is -5.94. The molecule has 36 heteroatoms. The first-order valence-corrected chi connectivity index (χ1v) is 33.4. The van der Waals surface area contributed by atoms with Gasteiger partial charge in [-0.2, -0.15) is 0 Å². The van der Waals surface area contributed by atoms with Crippen LogP contribution in [-0.4, -0.2) is 492 Å². The first-order valence-electron chi connectivity index (χ1n) is 33.4. The van der Waals surface area contributed by atoms with Crippen molar-refractivity contribution in [2.24, 2.45) is 0 Å². The lowest BCUT2D eigenvalue weighted by molar-refractivity contribution is -0.140. The van der Waals surface area contributed by atoms with Gasteiger partial charge in [0.2, 0.25) is 0 Å². The van der Waals surface area contributed by atoms with Crippen molar-refractivity contribution in [1.29, 1.82) is 0 Å². The van der Waals surface area contributed by atoms with Crippen LogP contribution in [0.4, 0.5) is 0 Å². The lowest BCUT2D eigenvalue weighted by atomic mass is 10.1. The van der Waals surface area contributed by atoms with Gasteiger partial charge in [-0.15, -0.1) is 0 Å². The molecule has 36 nitrogen and oxygen atoms in total. The number of carboxylic acids is 6. The second kappa shape index (κ2) is 57.5. The fourth-order valence-corrected chi connectivity index (χ4v) is 10.7. The maximum atomic E-state index is 12.5. The monoisotopic (exact) mass is 1410 g/mol. The Morgan fingerprint density at radius 2 is 0.505 bits per heavy atom. The van der Waals surface area contributed by atoms with Gasteiger partial charge in [0.25, 0.3) is 0 Å². The number of hydrogen-bond acceptors (Lipinski definition) is 30. The normalized spacial score (nSPS) is 17.8. The van der Waals surface area contributed by atoms with E-state index in [0.717, 1.165) is 0 Å². The molecule has 2 heterocycles. The lowest BCUT2D eigenvalue weighted by Crippen LogP contribution is -2.55. The highest BCUT2D eigenvalue weighted by Crippen LogP contribution is 2.13. The molecule has 2 saturated heterocycles. The minimum Gasteiger partial charge on any atom is -0.480 e. The molecule has 9 N–H and O–H groups in total. The fourth-order valence-electron chi connectivity index (χ4n) is 10.7. The molecular weight excluding hydrogens is 1290 g/mol. The molecule has 0 aromatic carbocycles. The average Bonchev–Trinajstić information content (AvgIpc) is 1.93. The Labute approximate surface area is 571 Å². The third-order valence-electron chi connectivity index (χ3n) is 15.8. The summed E-state index contributed by atoms with van der Waals surface area (Å²) >= 11 is 0. The van der Waals surface area contributed by atoms with Gasteiger partial charge >= 0.3 is 35.8 Å². The van der Waals surface area contributed by atoms with Gasteiger partial charge in [0.15, 0.2) is 0 Å². The summed E-state index contributed by atoms with van der Waals surface area (Å²) < 4.78 is 63.3. The van der Waals surface area contributed by atoms with E-state index in [1.54, 1.807) is 50.7 Å². The number of aliphatic hydroxyl groups excluding tert-OH is 3. The summed E-state index contributed by atoms with van der Waals surface area (Å²) in [5.74, 6) is -6.49.